The topological polar surface area (TPSA) is 152 Å². The van der Waals surface area contributed by atoms with Crippen molar-refractivity contribution in [1.82, 2.24) is 9.97 Å². The van der Waals surface area contributed by atoms with E-state index in [0.29, 0.717) is 0 Å². The molecule has 2 heterocycles. The number of carboxylic acids is 1. The smallest absolute Gasteiger partial charge is 0.545 e. The fourth-order valence-corrected chi connectivity index (χ4v) is 2.56. The maximum Gasteiger partial charge on any atom is 2.00 e. The van der Waals surface area contributed by atoms with E-state index in [1.165, 1.54) is 24.3 Å². The Balaban J connectivity index is 0.000000277. The summed E-state index contributed by atoms with van der Waals surface area (Å²) in [5, 5.41) is 35.9. The molecule has 2 aromatic carbocycles. The van der Waals surface area contributed by atoms with Gasteiger partial charge in [0.1, 0.15) is 5.75 Å². The molecule has 0 atom stereocenters. The third-order valence-corrected chi connectivity index (χ3v) is 3.90. The number of nitrogens with zero attached hydrogens (tertiary/aromatic N) is 3. The molecule has 4 rings (SSSR count). The third-order valence-electron chi connectivity index (χ3n) is 3.90. The summed E-state index contributed by atoms with van der Waals surface area (Å²) >= 11 is 0. The van der Waals surface area contributed by atoms with Crippen LogP contribution in [-0.4, -0.2) is 26.1 Å². The second kappa shape index (κ2) is 11.4. The molecule has 1 N–H and O–H groups in total. The van der Waals surface area contributed by atoms with Crippen molar-refractivity contribution >= 4 is 27.8 Å². The first kappa shape index (κ1) is 25.3. The maximum absolute atomic E-state index is 10.1. The number of aromatic hydroxyl groups is 1. The SMILES string of the molecule is Cc1ccc2ccc3ccc(C)nc3c2n1.O=C([O-])c1ccc(O)cc1.O=[N+]([O-])[O-].[Cu+2]. The molecule has 1 radical (unpaired) electrons. The number of hydrogen-bond donors (Lipinski definition) is 1. The number of pyridine rings is 2. The van der Waals surface area contributed by atoms with E-state index in [0.717, 1.165) is 33.2 Å². The summed E-state index contributed by atoms with van der Waals surface area (Å²) in [6.07, 6.45) is 0. The molecule has 0 spiro atoms. The van der Waals surface area contributed by atoms with Crippen molar-refractivity contribution in [3.63, 3.8) is 0 Å². The molecule has 0 amide bonds. The summed E-state index contributed by atoms with van der Waals surface area (Å²) in [6, 6.07) is 17.6. The first-order valence-electron chi connectivity index (χ1n) is 8.63. The van der Waals surface area contributed by atoms with E-state index in [1.807, 2.05) is 26.0 Å². The molecule has 0 fully saturated rings. The van der Waals surface area contributed by atoms with Gasteiger partial charge in [-0.15, -0.1) is 0 Å². The number of carbonyl (C=O) groups is 1. The number of phenolic OH excluding ortho intramolecular Hbond substituents is 1. The number of benzene rings is 2. The molecule has 10 heteroatoms. The van der Waals surface area contributed by atoms with Gasteiger partial charge >= 0.3 is 17.1 Å². The number of aromatic carboxylic acids is 1. The van der Waals surface area contributed by atoms with E-state index in [9.17, 15) is 9.90 Å². The summed E-state index contributed by atoms with van der Waals surface area (Å²) in [5.74, 6) is -1.19. The van der Waals surface area contributed by atoms with Crippen LogP contribution in [0.2, 0.25) is 0 Å². The minimum Gasteiger partial charge on any atom is -0.545 e. The minimum atomic E-state index is -1.75. The van der Waals surface area contributed by atoms with Crippen LogP contribution in [-0.2, 0) is 17.1 Å². The van der Waals surface area contributed by atoms with Gasteiger partial charge in [-0.2, -0.15) is 0 Å². The Labute approximate surface area is 187 Å². The van der Waals surface area contributed by atoms with Gasteiger partial charge in [-0.05, 0) is 55.8 Å². The molecule has 4 aromatic rings. The maximum atomic E-state index is 10.1. The fraction of sp³-hybridized carbons (Fsp3) is 0.0952. The first-order chi connectivity index (χ1) is 14.2. The van der Waals surface area contributed by atoms with Crippen molar-refractivity contribution in [3.8, 4) is 5.75 Å². The number of phenols is 1. The molecular formula is C21H17CuN3O6. The van der Waals surface area contributed by atoms with Crippen LogP contribution in [0.15, 0.2) is 60.7 Å². The van der Waals surface area contributed by atoms with Crippen molar-refractivity contribution in [2.24, 2.45) is 0 Å². The fourth-order valence-electron chi connectivity index (χ4n) is 2.56. The largest absolute Gasteiger partial charge is 2.00 e. The van der Waals surface area contributed by atoms with Gasteiger partial charge in [0, 0.05) is 22.2 Å². The van der Waals surface area contributed by atoms with Crippen LogP contribution in [0.25, 0.3) is 21.8 Å². The van der Waals surface area contributed by atoms with E-state index in [4.69, 9.17) is 20.4 Å². The van der Waals surface area contributed by atoms with E-state index < -0.39 is 11.1 Å². The van der Waals surface area contributed by atoms with Crippen LogP contribution < -0.4 is 5.11 Å². The average Bonchev–Trinajstić information content (AvgIpc) is 2.68. The van der Waals surface area contributed by atoms with Gasteiger partial charge in [-0.1, -0.05) is 24.3 Å². The van der Waals surface area contributed by atoms with Gasteiger partial charge in [0.05, 0.1) is 22.1 Å². The van der Waals surface area contributed by atoms with Crippen LogP contribution in [0.5, 0.6) is 5.75 Å². The van der Waals surface area contributed by atoms with Crippen LogP contribution in [0, 0.1) is 29.2 Å². The Morgan fingerprint density at radius 3 is 1.52 bits per heavy atom. The Morgan fingerprint density at radius 2 is 1.16 bits per heavy atom. The summed E-state index contributed by atoms with van der Waals surface area (Å²) in [5.41, 5.74) is 4.13. The summed E-state index contributed by atoms with van der Waals surface area (Å²) in [7, 11) is 0. The van der Waals surface area contributed by atoms with E-state index in [2.05, 4.69) is 34.2 Å². The minimum absolute atomic E-state index is 0. The molecule has 9 nitrogen and oxygen atoms in total. The second-order valence-electron chi connectivity index (χ2n) is 6.17. The molecule has 31 heavy (non-hydrogen) atoms. The molecule has 0 aliphatic heterocycles. The molecular weight excluding hydrogens is 454 g/mol. The van der Waals surface area contributed by atoms with Crippen molar-refractivity contribution in [2.75, 3.05) is 0 Å². The molecule has 0 aliphatic carbocycles. The number of hydrogen-bond acceptors (Lipinski definition) is 8. The zero-order chi connectivity index (χ0) is 22.3. The summed E-state index contributed by atoms with van der Waals surface area (Å²) in [4.78, 5) is 27.5. The van der Waals surface area contributed by atoms with Gasteiger partial charge in [-0.3, -0.25) is 9.97 Å². The number of aryl methyl sites for hydroxylation is 2. The Hall–Kier alpha value is -3.75. The van der Waals surface area contributed by atoms with Crippen molar-refractivity contribution < 1.29 is 37.2 Å². The Morgan fingerprint density at radius 1 is 0.806 bits per heavy atom. The van der Waals surface area contributed by atoms with Gasteiger partial charge < -0.3 is 30.3 Å². The predicted molar refractivity (Wildman–Crippen MR) is 109 cm³/mol. The zero-order valence-corrected chi connectivity index (χ0v) is 17.3. The van der Waals surface area contributed by atoms with Gasteiger partial charge in [-0.25, -0.2) is 0 Å². The van der Waals surface area contributed by atoms with E-state index in [1.54, 1.807) is 0 Å². The van der Waals surface area contributed by atoms with Crippen molar-refractivity contribution in [1.29, 1.82) is 0 Å². The van der Waals surface area contributed by atoms with Crippen molar-refractivity contribution in [3.05, 3.63) is 92.9 Å². The molecule has 0 saturated carbocycles. The number of fused-ring (bicyclic) bond motifs is 3. The number of rotatable bonds is 1. The van der Waals surface area contributed by atoms with Crippen LogP contribution in [0.4, 0.5) is 0 Å². The number of carboxylic acid groups (broad SMARTS) is 1. The van der Waals surface area contributed by atoms with E-state index >= 15 is 0 Å². The zero-order valence-electron chi connectivity index (χ0n) is 16.4. The van der Waals surface area contributed by atoms with Crippen LogP contribution in [0.3, 0.4) is 0 Å². The van der Waals surface area contributed by atoms with Crippen molar-refractivity contribution in [2.45, 2.75) is 13.8 Å². The number of aromatic nitrogens is 2. The molecule has 0 unspecified atom stereocenters. The van der Waals surface area contributed by atoms with Gasteiger partial charge in [0.25, 0.3) is 0 Å². The summed E-state index contributed by atoms with van der Waals surface area (Å²) in [6.45, 7) is 4.02. The predicted octanol–water partition coefficient (Wildman–Crippen LogP) is 2.91. The molecule has 163 valence electrons. The van der Waals surface area contributed by atoms with Crippen LogP contribution in [0.1, 0.15) is 21.7 Å². The summed E-state index contributed by atoms with van der Waals surface area (Å²) < 4.78 is 0. The van der Waals surface area contributed by atoms with E-state index in [-0.39, 0.29) is 28.4 Å². The Bertz CT molecular complexity index is 1130. The van der Waals surface area contributed by atoms with Crippen LogP contribution >= 0.6 is 0 Å². The average molecular weight is 471 g/mol. The van der Waals surface area contributed by atoms with Gasteiger partial charge in [0.15, 0.2) is 0 Å². The quantitative estimate of drug-likeness (QED) is 0.193. The normalized spacial score (nSPS) is 9.48. The molecule has 0 saturated heterocycles. The van der Waals surface area contributed by atoms with Gasteiger partial charge in [0.2, 0.25) is 0 Å². The Kier molecular flexibility index (Phi) is 9.33. The monoisotopic (exact) mass is 470 g/mol. The second-order valence-corrected chi connectivity index (χ2v) is 6.17. The molecule has 0 bridgehead atoms. The first-order valence-corrected chi connectivity index (χ1v) is 8.63. The standard InChI is InChI=1S/C14H12N2.C7H6O3.Cu.NO3/c1-9-3-5-11-7-8-12-6-4-10(2)16-14(12)13(11)15-9;8-6-3-1-5(2-4-6)7(9)10;;2-1(3)4/h3-8H,1-2H3;1-4,8H,(H,9,10);;/q;;+2;-1/p-1. The third kappa shape index (κ3) is 7.54. The molecule has 2 aromatic heterocycles. The molecule has 0 aliphatic rings. The number of carbonyl (C=O) groups excluding carboxylic acids is 1.